The third-order valence-corrected chi connectivity index (χ3v) is 2.60. The van der Waals surface area contributed by atoms with Gasteiger partial charge >= 0.3 is 0 Å². The Labute approximate surface area is 90.4 Å². The van der Waals surface area contributed by atoms with Gasteiger partial charge in [0.05, 0.1) is 0 Å². The lowest BCUT2D eigenvalue weighted by Crippen LogP contribution is -2.18. The van der Waals surface area contributed by atoms with Crippen molar-refractivity contribution < 1.29 is 9.47 Å². The van der Waals surface area contributed by atoms with Crippen LogP contribution in [0.25, 0.3) is 0 Å². The van der Waals surface area contributed by atoms with Crippen molar-refractivity contribution >= 4 is 16.3 Å². The van der Waals surface area contributed by atoms with Crippen LogP contribution in [0.15, 0.2) is 0 Å². The van der Waals surface area contributed by atoms with Gasteiger partial charge in [-0.3, -0.25) is 0 Å². The van der Waals surface area contributed by atoms with E-state index in [1.807, 2.05) is 0 Å². The maximum atomic E-state index is 5.59. The van der Waals surface area contributed by atoms with E-state index in [-0.39, 0.29) is 6.29 Å². The van der Waals surface area contributed by atoms with E-state index in [4.69, 9.17) is 9.47 Å². The first-order valence-electron chi connectivity index (χ1n) is 5.58. The van der Waals surface area contributed by atoms with Gasteiger partial charge in [0.1, 0.15) is 6.29 Å². The van der Waals surface area contributed by atoms with E-state index in [1.165, 1.54) is 12.8 Å². The highest BCUT2D eigenvalue weighted by atomic mass is 27.0. The summed E-state index contributed by atoms with van der Waals surface area (Å²) in [6, 6.07) is 0. The van der Waals surface area contributed by atoms with Crippen molar-refractivity contribution in [1.82, 2.24) is 0 Å². The van der Waals surface area contributed by atoms with E-state index < -0.39 is 0 Å². The predicted molar refractivity (Wildman–Crippen MR) is 58.9 cm³/mol. The molecular weight excluding hydrogens is 179 g/mol. The third kappa shape index (κ3) is 8.77. The molecule has 0 fully saturated rings. The summed E-state index contributed by atoms with van der Waals surface area (Å²) in [6.07, 6.45) is 4.78. The Hall–Kier alpha value is 0.452. The van der Waals surface area contributed by atoms with Crippen LogP contribution in [0.1, 0.15) is 39.5 Å². The fourth-order valence-electron chi connectivity index (χ4n) is 1.00. The molecule has 0 radical (unpaired) electrons. The molecular formula is C10H23AlO2. The zero-order valence-electron chi connectivity index (χ0n) is 9.34. The Morgan fingerprint density at radius 3 is 1.77 bits per heavy atom. The minimum absolute atomic E-state index is 0.0877. The minimum Gasteiger partial charge on any atom is -0.354 e. The van der Waals surface area contributed by atoms with Gasteiger partial charge in [0, 0.05) is 13.2 Å². The first kappa shape index (κ1) is 13.5. The lowest BCUT2D eigenvalue weighted by Gasteiger charge is -2.16. The summed E-state index contributed by atoms with van der Waals surface area (Å²) in [4.78, 5) is 0. The molecule has 13 heavy (non-hydrogen) atoms. The standard InChI is InChI=1S/C10H21O2.Al.2H/c1-4-6-8-11-10(3)12-9-7-5-2;;;/h10H,3-9H2,1-2H3;;;. The number of hydrogen-bond acceptors (Lipinski definition) is 2. The van der Waals surface area contributed by atoms with Crippen molar-refractivity contribution in [2.24, 2.45) is 0 Å². The first-order valence-corrected chi connectivity index (χ1v) is 6.99. The molecule has 0 aromatic heterocycles. The normalized spacial score (nSPS) is 11.0. The Balaban J connectivity index is 3.28. The Kier molecular flexibility index (Phi) is 10.9. The molecule has 0 aliphatic rings. The molecule has 0 saturated carbocycles. The molecule has 0 spiro atoms. The number of unbranched alkanes of at least 4 members (excludes halogenated alkanes) is 2. The SMILES string of the molecule is CCCCOC([CH2][AlH2])OCCCC. The lowest BCUT2D eigenvalue weighted by atomic mass is 10.4. The fraction of sp³-hybridized carbons (Fsp3) is 1.00. The van der Waals surface area contributed by atoms with E-state index >= 15 is 0 Å². The molecule has 0 rings (SSSR count). The summed E-state index contributed by atoms with van der Waals surface area (Å²) in [5, 5.41) is 1.09. The molecule has 78 valence electrons. The van der Waals surface area contributed by atoms with Gasteiger partial charge in [-0.1, -0.05) is 32.0 Å². The zero-order valence-corrected chi connectivity index (χ0v) is 11.3. The molecule has 0 atom stereocenters. The maximum Gasteiger partial charge on any atom is 0.219 e. The van der Waals surface area contributed by atoms with Crippen LogP contribution in [0, 0.1) is 0 Å². The van der Waals surface area contributed by atoms with Gasteiger partial charge in [-0.15, -0.1) is 0 Å². The van der Waals surface area contributed by atoms with Crippen molar-refractivity contribution in [2.75, 3.05) is 13.2 Å². The summed E-state index contributed by atoms with van der Waals surface area (Å²) >= 11 is 1.16. The largest absolute Gasteiger partial charge is 0.354 e. The van der Waals surface area contributed by atoms with Crippen molar-refractivity contribution in [3.8, 4) is 0 Å². The lowest BCUT2D eigenvalue weighted by molar-refractivity contribution is -0.130. The first-order chi connectivity index (χ1) is 6.35. The van der Waals surface area contributed by atoms with Gasteiger partial charge in [0.25, 0.3) is 0 Å². The summed E-state index contributed by atoms with van der Waals surface area (Å²) in [5.74, 6) is 0. The average molecular weight is 202 g/mol. The highest BCUT2D eigenvalue weighted by Gasteiger charge is 2.04. The molecule has 2 nitrogen and oxygen atoms in total. The molecule has 0 amide bonds. The highest BCUT2D eigenvalue weighted by molar-refractivity contribution is 6.08. The smallest absolute Gasteiger partial charge is 0.219 e. The predicted octanol–water partition coefficient (Wildman–Crippen LogP) is 2.00. The van der Waals surface area contributed by atoms with Gasteiger partial charge in [0.15, 0.2) is 0 Å². The zero-order chi connectivity index (χ0) is 9.94. The van der Waals surface area contributed by atoms with Crippen molar-refractivity contribution in [1.29, 1.82) is 0 Å². The van der Waals surface area contributed by atoms with Crippen LogP contribution in [0.3, 0.4) is 0 Å². The van der Waals surface area contributed by atoms with Gasteiger partial charge in [-0.05, 0) is 12.8 Å². The van der Waals surface area contributed by atoms with Crippen LogP contribution >= 0.6 is 0 Å². The third-order valence-electron chi connectivity index (χ3n) is 1.94. The maximum absolute atomic E-state index is 5.59. The average Bonchev–Trinajstić information content (AvgIpc) is 2.16. The quantitative estimate of drug-likeness (QED) is 0.323. The van der Waals surface area contributed by atoms with Crippen molar-refractivity contribution in [3.63, 3.8) is 0 Å². The second-order valence-corrected chi connectivity index (χ2v) is 4.10. The minimum atomic E-state index is 0.0877. The molecule has 0 aliphatic heterocycles. The second kappa shape index (κ2) is 10.5. The van der Waals surface area contributed by atoms with E-state index in [1.54, 1.807) is 0 Å². The summed E-state index contributed by atoms with van der Waals surface area (Å²) < 4.78 is 11.2. The van der Waals surface area contributed by atoms with Gasteiger partial charge in [-0.25, -0.2) is 0 Å². The molecule has 0 bridgehead atoms. The Morgan fingerprint density at radius 2 is 1.46 bits per heavy atom. The van der Waals surface area contributed by atoms with Crippen molar-refractivity contribution in [3.05, 3.63) is 0 Å². The van der Waals surface area contributed by atoms with Crippen LogP contribution in [0.4, 0.5) is 0 Å². The number of rotatable bonds is 9. The summed E-state index contributed by atoms with van der Waals surface area (Å²) in [6.45, 7) is 6.07. The molecule has 0 saturated heterocycles. The topological polar surface area (TPSA) is 18.5 Å². The van der Waals surface area contributed by atoms with E-state index in [0.29, 0.717) is 0 Å². The Morgan fingerprint density at radius 1 is 1.00 bits per heavy atom. The van der Waals surface area contributed by atoms with Gasteiger partial charge in [-0.2, -0.15) is 0 Å². The van der Waals surface area contributed by atoms with Crippen LogP contribution < -0.4 is 0 Å². The van der Waals surface area contributed by atoms with Gasteiger partial charge < -0.3 is 9.47 Å². The van der Waals surface area contributed by atoms with Gasteiger partial charge in [0.2, 0.25) is 16.3 Å². The fourth-order valence-corrected chi connectivity index (χ4v) is 1.47. The number of hydrogen-bond donors (Lipinski definition) is 0. The van der Waals surface area contributed by atoms with Crippen LogP contribution in [0.2, 0.25) is 5.28 Å². The molecule has 0 N–H and O–H groups in total. The van der Waals surface area contributed by atoms with Crippen LogP contribution in [0.5, 0.6) is 0 Å². The van der Waals surface area contributed by atoms with Crippen molar-refractivity contribution in [2.45, 2.75) is 51.1 Å². The highest BCUT2D eigenvalue weighted by Crippen LogP contribution is 2.02. The monoisotopic (exact) mass is 202 g/mol. The summed E-state index contributed by atoms with van der Waals surface area (Å²) in [7, 11) is 0. The molecule has 0 aliphatic carbocycles. The van der Waals surface area contributed by atoms with Crippen LogP contribution in [-0.4, -0.2) is 35.8 Å². The Bertz CT molecular complexity index is 88.9. The molecule has 3 heteroatoms. The molecule has 0 unspecified atom stereocenters. The summed E-state index contributed by atoms with van der Waals surface area (Å²) in [5.41, 5.74) is 0. The van der Waals surface area contributed by atoms with E-state index in [0.717, 1.165) is 47.6 Å². The number of ether oxygens (including phenoxy) is 2. The second-order valence-electron chi connectivity index (χ2n) is 3.29. The molecule has 0 heterocycles. The van der Waals surface area contributed by atoms with E-state index in [2.05, 4.69) is 13.8 Å². The van der Waals surface area contributed by atoms with Crippen LogP contribution in [-0.2, 0) is 9.47 Å². The molecule has 0 aromatic rings. The van der Waals surface area contributed by atoms with E-state index in [9.17, 15) is 0 Å². The molecule has 0 aromatic carbocycles.